The molecule has 1 amide bonds. The molecule has 0 spiro atoms. The Morgan fingerprint density at radius 2 is 2.03 bits per heavy atom. The van der Waals surface area contributed by atoms with Crippen LogP contribution in [0.15, 0.2) is 76.6 Å². The molecule has 0 aliphatic carbocycles. The Hall–Kier alpha value is -4.00. The van der Waals surface area contributed by atoms with Gasteiger partial charge in [-0.1, -0.05) is 30.3 Å². The number of hydrogen-bond donors (Lipinski definition) is 1. The minimum absolute atomic E-state index is 0.319. The molecule has 7 heteroatoms. The molecule has 4 rings (SSSR count). The highest BCUT2D eigenvalue weighted by Crippen LogP contribution is 2.20. The second-order valence-corrected chi connectivity index (χ2v) is 6.88. The highest BCUT2D eigenvalue weighted by Gasteiger charge is 2.13. The Kier molecular flexibility index (Phi) is 5.52. The lowest BCUT2D eigenvalue weighted by Crippen LogP contribution is -2.17. The van der Waals surface area contributed by atoms with Crippen LogP contribution in [0.25, 0.3) is 11.3 Å². The highest BCUT2D eigenvalue weighted by molar-refractivity contribution is 5.96. The summed E-state index contributed by atoms with van der Waals surface area (Å²) in [6.45, 7) is 4.18. The number of benzene rings is 1. The summed E-state index contributed by atoms with van der Waals surface area (Å²) >= 11 is 0. The minimum Gasteiger partial charge on any atom is -0.466 e. The van der Waals surface area contributed by atoms with Gasteiger partial charge in [0, 0.05) is 29.7 Å². The molecule has 0 fully saturated rings. The van der Waals surface area contributed by atoms with Gasteiger partial charge in [0.1, 0.15) is 17.2 Å². The van der Waals surface area contributed by atoms with Crippen LogP contribution in [0.4, 0.5) is 0 Å². The van der Waals surface area contributed by atoms with E-state index in [1.165, 1.54) is 0 Å². The standard InChI is InChI=1S/C23H21N5O2/c1-16-11-21(17(2)30-16)23(29)26-25-13-20-15-28(14-18-7-4-3-5-8-18)27-22(20)19-9-6-10-24-12-19/h3-13,15H,14H2,1-2H3,(H,26,29)/b25-13-. The SMILES string of the molecule is Cc1cc(C(=O)N/N=C\c2cn(Cc3ccccc3)nc2-c2cccnc2)c(C)o1. The lowest BCUT2D eigenvalue weighted by Gasteiger charge is -2.01. The number of aromatic nitrogens is 3. The Bertz CT molecular complexity index is 1180. The average molecular weight is 399 g/mol. The van der Waals surface area contributed by atoms with E-state index in [0.717, 1.165) is 22.4 Å². The molecular formula is C23H21N5O2. The molecular weight excluding hydrogens is 378 g/mol. The molecule has 3 heterocycles. The first-order chi connectivity index (χ1) is 14.6. The molecule has 0 atom stereocenters. The summed E-state index contributed by atoms with van der Waals surface area (Å²) in [4.78, 5) is 16.5. The predicted molar refractivity (Wildman–Crippen MR) is 114 cm³/mol. The van der Waals surface area contributed by atoms with Crippen molar-refractivity contribution in [2.24, 2.45) is 5.10 Å². The monoisotopic (exact) mass is 399 g/mol. The number of nitrogens with one attached hydrogen (secondary N) is 1. The summed E-state index contributed by atoms with van der Waals surface area (Å²) in [5, 5.41) is 8.84. The molecule has 30 heavy (non-hydrogen) atoms. The Morgan fingerprint density at radius 1 is 1.20 bits per heavy atom. The van der Waals surface area contributed by atoms with E-state index in [1.807, 2.05) is 41.2 Å². The first kappa shape index (κ1) is 19.3. The van der Waals surface area contributed by atoms with Gasteiger partial charge in [0.15, 0.2) is 0 Å². The van der Waals surface area contributed by atoms with Crippen LogP contribution in [0.3, 0.4) is 0 Å². The number of furan rings is 1. The Balaban J connectivity index is 1.58. The highest BCUT2D eigenvalue weighted by atomic mass is 16.3. The third-order valence-electron chi connectivity index (χ3n) is 4.57. The van der Waals surface area contributed by atoms with Gasteiger partial charge in [0.25, 0.3) is 5.91 Å². The molecule has 0 aliphatic heterocycles. The van der Waals surface area contributed by atoms with Gasteiger partial charge in [0.2, 0.25) is 0 Å². The van der Waals surface area contributed by atoms with E-state index >= 15 is 0 Å². The van der Waals surface area contributed by atoms with Gasteiger partial charge in [-0.3, -0.25) is 14.5 Å². The quantitative estimate of drug-likeness (QED) is 0.393. The van der Waals surface area contributed by atoms with Gasteiger partial charge in [-0.15, -0.1) is 0 Å². The number of hydrogen-bond acceptors (Lipinski definition) is 5. The first-order valence-electron chi connectivity index (χ1n) is 9.52. The van der Waals surface area contributed by atoms with Crippen molar-refractivity contribution in [3.63, 3.8) is 0 Å². The number of rotatable bonds is 6. The van der Waals surface area contributed by atoms with Crippen LogP contribution in [0, 0.1) is 13.8 Å². The molecule has 0 saturated heterocycles. The smallest absolute Gasteiger partial charge is 0.274 e. The molecule has 0 radical (unpaired) electrons. The maximum absolute atomic E-state index is 12.4. The molecule has 3 aromatic heterocycles. The molecule has 1 aromatic carbocycles. The zero-order chi connectivity index (χ0) is 20.9. The van der Waals surface area contributed by atoms with Gasteiger partial charge in [0.05, 0.1) is 18.3 Å². The summed E-state index contributed by atoms with van der Waals surface area (Å²) in [6.07, 6.45) is 6.96. The van der Waals surface area contributed by atoms with E-state index < -0.39 is 0 Å². The maximum Gasteiger partial charge on any atom is 0.274 e. The summed E-state index contributed by atoms with van der Waals surface area (Å²) in [5.74, 6) is 0.926. The van der Waals surface area contributed by atoms with E-state index in [4.69, 9.17) is 9.52 Å². The van der Waals surface area contributed by atoms with Crippen molar-refractivity contribution in [2.45, 2.75) is 20.4 Å². The minimum atomic E-state index is -0.319. The summed E-state index contributed by atoms with van der Waals surface area (Å²) in [6, 6.07) is 15.6. The maximum atomic E-state index is 12.4. The molecule has 1 N–H and O–H groups in total. The van der Waals surface area contributed by atoms with Gasteiger partial charge in [-0.2, -0.15) is 10.2 Å². The lowest BCUT2D eigenvalue weighted by atomic mass is 10.1. The fourth-order valence-electron chi connectivity index (χ4n) is 3.19. The number of amides is 1. The van der Waals surface area contributed by atoms with Crippen molar-refractivity contribution in [1.82, 2.24) is 20.2 Å². The largest absolute Gasteiger partial charge is 0.466 e. The second-order valence-electron chi connectivity index (χ2n) is 6.88. The fourth-order valence-corrected chi connectivity index (χ4v) is 3.19. The van der Waals surface area contributed by atoms with E-state index in [1.54, 1.807) is 38.5 Å². The molecule has 7 nitrogen and oxygen atoms in total. The number of hydrazone groups is 1. The zero-order valence-corrected chi connectivity index (χ0v) is 16.7. The second kappa shape index (κ2) is 8.57. The van der Waals surface area contributed by atoms with E-state index in [9.17, 15) is 4.79 Å². The first-order valence-corrected chi connectivity index (χ1v) is 9.52. The van der Waals surface area contributed by atoms with Crippen LogP contribution in [0.5, 0.6) is 0 Å². The van der Waals surface area contributed by atoms with Crippen LogP contribution >= 0.6 is 0 Å². The Morgan fingerprint density at radius 3 is 2.73 bits per heavy atom. The van der Waals surface area contributed by atoms with Crippen molar-refractivity contribution in [2.75, 3.05) is 0 Å². The van der Waals surface area contributed by atoms with Gasteiger partial charge in [-0.05, 0) is 37.6 Å². The lowest BCUT2D eigenvalue weighted by molar-refractivity contribution is 0.0953. The number of nitrogens with zero attached hydrogens (tertiary/aromatic N) is 4. The summed E-state index contributed by atoms with van der Waals surface area (Å²) in [7, 11) is 0. The third-order valence-corrected chi connectivity index (χ3v) is 4.57. The number of carbonyl (C=O) groups excluding carboxylic acids is 1. The molecule has 0 saturated carbocycles. The third kappa shape index (κ3) is 4.35. The van der Waals surface area contributed by atoms with E-state index in [0.29, 0.717) is 23.6 Å². The molecule has 150 valence electrons. The zero-order valence-electron chi connectivity index (χ0n) is 16.7. The van der Waals surface area contributed by atoms with Crippen LogP contribution in [0.2, 0.25) is 0 Å². The van der Waals surface area contributed by atoms with Gasteiger partial charge in [-0.25, -0.2) is 5.43 Å². The van der Waals surface area contributed by atoms with Crippen LogP contribution in [-0.2, 0) is 6.54 Å². The van der Waals surface area contributed by atoms with Crippen LogP contribution in [0.1, 0.15) is 33.0 Å². The Labute approximate surface area is 174 Å². The van der Waals surface area contributed by atoms with Crippen LogP contribution < -0.4 is 5.43 Å². The van der Waals surface area contributed by atoms with E-state index in [-0.39, 0.29) is 5.91 Å². The molecule has 0 aliphatic rings. The number of aryl methyl sites for hydroxylation is 2. The molecule has 0 bridgehead atoms. The van der Waals surface area contributed by atoms with Crippen molar-refractivity contribution in [1.29, 1.82) is 0 Å². The number of carbonyl (C=O) groups is 1. The van der Waals surface area contributed by atoms with Gasteiger partial charge >= 0.3 is 0 Å². The normalized spacial score (nSPS) is 11.1. The average Bonchev–Trinajstić information content (AvgIpc) is 3.31. The molecule has 4 aromatic rings. The summed E-state index contributed by atoms with van der Waals surface area (Å²) in [5.41, 5.74) is 6.56. The van der Waals surface area contributed by atoms with Crippen LogP contribution in [-0.4, -0.2) is 26.9 Å². The van der Waals surface area contributed by atoms with Crippen molar-refractivity contribution < 1.29 is 9.21 Å². The summed E-state index contributed by atoms with van der Waals surface area (Å²) < 4.78 is 7.26. The van der Waals surface area contributed by atoms with Crippen molar-refractivity contribution in [3.8, 4) is 11.3 Å². The number of pyridine rings is 1. The van der Waals surface area contributed by atoms with E-state index in [2.05, 4.69) is 27.6 Å². The fraction of sp³-hybridized carbons (Fsp3) is 0.130. The van der Waals surface area contributed by atoms with Crippen molar-refractivity contribution in [3.05, 3.63) is 95.3 Å². The topological polar surface area (TPSA) is 85.3 Å². The van der Waals surface area contributed by atoms with Gasteiger partial charge < -0.3 is 4.42 Å². The molecule has 0 unspecified atom stereocenters. The van der Waals surface area contributed by atoms with Crippen molar-refractivity contribution >= 4 is 12.1 Å². The predicted octanol–water partition coefficient (Wildman–Crippen LogP) is 3.97.